The third-order valence-corrected chi connectivity index (χ3v) is 4.45. The summed E-state index contributed by atoms with van der Waals surface area (Å²) in [5, 5.41) is 3.44. The highest BCUT2D eigenvalue weighted by Crippen LogP contribution is 2.23. The van der Waals surface area contributed by atoms with Gasteiger partial charge in [-0.15, -0.1) is 0 Å². The monoisotopic (exact) mass is 366 g/mol. The van der Waals surface area contributed by atoms with Crippen molar-refractivity contribution in [1.29, 1.82) is 0 Å². The first-order valence-electron chi connectivity index (χ1n) is 7.31. The van der Waals surface area contributed by atoms with Crippen LogP contribution in [-0.4, -0.2) is 20.6 Å². The molecule has 0 radical (unpaired) electrons. The average Bonchev–Trinajstić information content (AvgIpc) is 2.48. The van der Waals surface area contributed by atoms with Crippen LogP contribution in [0.25, 0.3) is 0 Å². The van der Waals surface area contributed by atoms with Gasteiger partial charge in [-0.1, -0.05) is 35.9 Å². The number of carbonyl (C=O) groups excluding carboxylic acids is 1. The number of hydrogen-bond donors (Lipinski definition) is 2. The highest BCUT2D eigenvalue weighted by molar-refractivity contribution is 7.92. The molecule has 0 aromatic heterocycles. The number of rotatable bonds is 5. The minimum Gasteiger partial charge on any atom is -0.345 e. The van der Waals surface area contributed by atoms with Crippen LogP contribution in [0.15, 0.2) is 42.5 Å². The van der Waals surface area contributed by atoms with Crippen molar-refractivity contribution in [2.75, 3.05) is 11.0 Å². The summed E-state index contributed by atoms with van der Waals surface area (Å²) in [5.41, 5.74) is 2.30. The Morgan fingerprint density at radius 1 is 1.17 bits per heavy atom. The van der Waals surface area contributed by atoms with Gasteiger partial charge in [0.25, 0.3) is 5.91 Å². The maximum absolute atomic E-state index is 12.4. The molecule has 2 aromatic rings. The number of carbonyl (C=O) groups is 1. The quantitative estimate of drug-likeness (QED) is 0.850. The highest BCUT2D eigenvalue weighted by Gasteiger charge is 2.15. The molecule has 0 heterocycles. The first-order valence-corrected chi connectivity index (χ1v) is 9.58. The Kier molecular flexibility index (Phi) is 5.51. The first kappa shape index (κ1) is 18.3. The second-order valence-corrected chi connectivity index (χ2v) is 7.78. The number of halogens is 1. The van der Waals surface area contributed by atoms with E-state index in [4.69, 9.17) is 11.6 Å². The van der Waals surface area contributed by atoms with Crippen LogP contribution in [0.4, 0.5) is 5.69 Å². The summed E-state index contributed by atoms with van der Waals surface area (Å²) >= 11 is 6.14. The van der Waals surface area contributed by atoms with E-state index >= 15 is 0 Å². The van der Waals surface area contributed by atoms with Crippen molar-refractivity contribution < 1.29 is 13.2 Å². The van der Waals surface area contributed by atoms with Gasteiger partial charge < -0.3 is 5.32 Å². The average molecular weight is 367 g/mol. The summed E-state index contributed by atoms with van der Waals surface area (Å²) in [6.45, 7) is 3.60. The molecule has 0 saturated heterocycles. The summed E-state index contributed by atoms with van der Waals surface area (Å²) in [6.07, 6.45) is 1.07. The molecule has 0 fully saturated rings. The molecule has 1 amide bonds. The van der Waals surface area contributed by atoms with Crippen LogP contribution in [-0.2, 0) is 10.0 Å². The van der Waals surface area contributed by atoms with Gasteiger partial charge in [0.1, 0.15) is 0 Å². The second-order valence-electron chi connectivity index (χ2n) is 5.62. The van der Waals surface area contributed by atoms with Crippen molar-refractivity contribution in [2.24, 2.45) is 0 Å². The Labute approximate surface area is 147 Å². The zero-order valence-corrected chi connectivity index (χ0v) is 15.2. The van der Waals surface area contributed by atoms with Crippen LogP contribution >= 0.6 is 11.6 Å². The summed E-state index contributed by atoms with van der Waals surface area (Å²) in [4.78, 5) is 12.4. The fraction of sp³-hybridized carbons (Fsp3) is 0.235. The molecule has 0 aliphatic rings. The first-order chi connectivity index (χ1) is 11.2. The van der Waals surface area contributed by atoms with Crippen LogP contribution in [0, 0.1) is 6.92 Å². The lowest BCUT2D eigenvalue weighted by Crippen LogP contribution is -2.27. The number of benzene rings is 2. The number of anilines is 1. The zero-order valence-electron chi connectivity index (χ0n) is 13.6. The Morgan fingerprint density at radius 2 is 1.83 bits per heavy atom. The molecule has 2 aromatic carbocycles. The van der Waals surface area contributed by atoms with E-state index in [0.29, 0.717) is 16.3 Å². The van der Waals surface area contributed by atoms with Gasteiger partial charge in [0.2, 0.25) is 10.0 Å². The van der Waals surface area contributed by atoms with Crippen molar-refractivity contribution in [3.63, 3.8) is 0 Å². The lowest BCUT2D eigenvalue weighted by molar-refractivity contribution is 0.0940. The van der Waals surface area contributed by atoms with Gasteiger partial charge in [0.05, 0.1) is 18.0 Å². The maximum atomic E-state index is 12.4. The molecule has 7 heteroatoms. The minimum atomic E-state index is -3.41. The van der Waals surface area contributed by atoms with Crippen molar-refractivity contribution in [3.05, 3.63) is 64.2 Å². The molecule has 1 unspecified atom stereocenters. The van der Waals surface area contributed by atoms with Gasteiger partial charge >= 0.3 is 0 Å². The smallest absolute Gasteiger partial charge is 0.251 e. The Hall–Kier alpha value is -2.05. The summed E-state index contributed by atoms with van der Waals surface area (Å²) in [7, 11) is -3.41. The van der Waals surface area contributed by atoms with Crippen molar-refractivity contribution in [2.45, 2.75) is 19.9 Å². The lowest BCUT2D eigenvalue weighted by Gasteiger charge is -2.16. The van der Waals surface area contributed by atoms with Crippen LogP contribution < -0.4 is 10.0 Å². The highest BCUT2D eigenvalue weighted by atomic mass is 35.5. The van der Waals surface area contributed by atoms with Gasteiger partial charge in [-0.05, 0) is 43.2 Å². The van der Waals surface area contributed by atoms with Crippen LogP contribution in [0.1, 0.15) is 34.5 Å². The zero-order chi connectivity index (χ0) is 17.9. The van der Waals surface area contributed by atoms with Crippen molar-refractivity contribution in [3.8, 4) is 0 Å². The molecule has 0 aliphatic heterocycles. The van der Waals surface area contributed by atoms with Gasteiger partial charge in [-0.25, -0.2) is 8.42 Å². The predicted octanol–water partition coefficient (Wildman–Crippen LogP) is 3.51. The molecular formula is C17H19ClN2O3S. The molecular weight excluding hydrogens is 348 g/mol. The number of sulfonamides is 1. The van der Waals surface area contributed by atoms with E-state index in [1.807, 2.05) is 25.1 Å². The number of nitrogens with one attached hydrogen (secondary N) is 2. The predicted molar refractivity (Wildman–Crippen MR) is 97.0 cm³/mol. The molecule has 0 aliphatic carbocycles. The van der Waals surface area contributed by atoms with E-state index in [2.05, 4.69) is 10.0 Å². The Bertz CT molecular complexity index is 866. The summed E-state index contributed by atoms with van der Waals surface area (Å²) < 4.78 is 25.2. The number of aryl methyl sites for hydroxylation is 1. The molecule has 0 bridgehead atoms. The summed E-state index contributed by atoms with van der Waals surface area (Å²) in [6, 6.07) is 11.9. The molecule has 5 nitrogen and oxygen atoms in total. The molecule has 1 atom stereocenters. The fourth-order valence-corrected chi connectivity index (χ4v) is 3.18. The largest absolute Gasteiger partial charge is 0.345 e. The van der Waals surface area contributed by atoms with E-state index in [1.54, 1.807) is 25.1 Å². The summed E-state index contributed by atoms with van der Waals surface area (Å²) in [5.74, 6) is -0.307. The molecule has 2 rings (SSSR count). The molecule has 0 saturated carbocycles. The minimum absolute atomic E-state index is 0.279. The topological polar surface area (TPSA) is 75.3 Å². The number of hydrogen-bond acceptors (Lipinski definition) is 3. The van der Waals surface area contributed by atoms with E-state index in [1.165, 1.54) is 6.07 Å². The molecule has 24 heavy (non-hydrogen) atoms. The maximum Gasteiger partial charge on any atom is 0.251 e. The number of amides is 1. The lowest BCUT2D eigenvalue weighted by atomic mass is 10.1. The SMILES string of the molecule is Cc1ccc(C(=O)NC(C)c2ccccc2Cl)cc1NS(C)(=O)=O. The van der Waals surface area contributed by atoms with E-state index < -0.39 is 10.0 Å². The second kappa shape index (κ2) is 7.23. The van der Waals surface area contributed by atoms with Gasteiger partial charge in [-0.3, -0.25) is 9.52 Å². The van der Waals surface area contributed by atoms with Gasteiger partial charge in [-0.2, -0.15) is 0 Å². The Balaban J connectivity index is 2.21. The van der Waals surface area contributed by atoms with E-state index in [0.717, 1.165) is 17.4 Å². The molecule has 2 N–H and O–H groups in total. The fourth-order valence-electron chi connectivity index (χ4n) is 2.26. The third kappa shape index (κ3) is 4.72. The van der Waals surface area contributed by atoms with E-state index in [9.17, 15) is 13.2 Å². The van der Waals surface area contributed by atoms with Gasteiger partial charge in [0.15, 0.2) is 0 Å². The van der Waals surface area contributed by atoms with Crippen LogP contribution in [0.5, 0.6) is 0 Å². The van der Waals surface area contributed by atoms with Crippen LogP contribution in [0.3, 0.4) is 0 Å². The Morgan fingerprint density at radius 3 is 2.46 bits per heavy atom. The standard InChI is InChI=1S/C17H19ClN2O3S/c1-11-8-9-13(10-16(11)20-24(3,22)23)17(21)19-12(2)14-6-4-5-7-15(14)18/h4-10,12,20H,1-3H3,(H,19,21). The molecule has 128 valence electrons. The third-order valence-electron chi connectivity index (χ3n) is 3.51. The molecule has 0 spiro atoms. The normalized spacial score (nSPS) is 12.5. The van der Waals surface area contributed by atoms with Crippen LogP contribution in [0.2, 0.25) is 5.02 Å². The van der Waals surface area contributed by atoms with Crippen molar-refractivity contribution >= 4 is 33.2 Å². The van der Waals surface area contributed by atoms with Crippen molar-refractivity contribution in [1.82, 2.24) is 5.32 Å². The van der Waals surface area contributed by atoms with E-state index in [-0.39, 0.29) is 11.9 Å². The van der Waals surface area contributed by atoms with Gasteiger partial charge in [0, 0.05) is 10.6 Å².